The van der Waals surface area contributed by atoms with Gasteiger partial charge in [-0.3, -0.25) is 4.79 Å². The van der Waals surface area contributed by atoms with E-state index in [1.165, 1.54) is 12.1 Å². The van der Waals surface area contributed by atoms with E-state index >= 15 is 0 Å². The van der Waals surface area contributed by atoms with Crippen LogP contribution < -0.4 is 10.0 Å². The Morgan fingerprint density at radius 3 is 2.36 bits per heavy atom. The minimum Gasteiger partial charge on any atom is -0.342 e. The highest BCUT2D eigenvalue weighted by atomic mass is 35.5. The number of amides is 1. The van der Waals surface area contributed by atoms with Crippen LogP contribution in [-0.2, 0) is 14.8 Å². The Balaban J connectivity index is 0.00000312. The van der Waals surface area contributed by atoms with Crippen LogP contribution in [0.3, 0.4) is 0 Å². The molecule has 1 aliphatic rings. The van der Waals surface area contributed by atoms with Gasteiger partial charge in [0.15, 0.2) is 0 Å². The van der Waals surface area contributed by atoms with Crippen LogP contribution >= 0.6 is 12.4 Å². The fraction of sp³-hybridized carbons (Fsp3) is 0.562. The molecule has 1 unspecified atom stereocenters. The van der Waals surface area contributed by atoms with Crippen LogP contribution in [0, 0.1) is 11.7 Å². The molecule has 1 aromatic rings. The van der Waals surface area contributed by atoms with Gasteiger partial charge in [0.25, 0.3) is 0 Å². The molecule has 1 fully saturated rings. The van der Waals surface area contributed by atoms with Gasteiger partial charge in [0.2, 0.25) is 15.9 Å². The topological polar surface area (TPSA) is 78.5 Å². The number of hydrogen-bond acceptors (Lipinski definition) is 4. The summed E-state index contributed by atoms with van der Waals surface area (Å²) in [6, 6.07) is 4.52. The monoisotopic (exact) mass is 393 g/mol. The maximum Gasteiger partial charge on any atom is 0.240 e. The second-order valence-electron chi connectivity index (χ2n) is 6.13. The number of rotatable bonds is 6. The number of nitrogens with zero attached hydrogens (tertiary/aromatic N) is 1. The number of carbonyl (C=O) groups is 1. The number of carbonyl (C=O) groups excluding carboxylic acids is 1. The quantitative estimate of drug-likeness (QED) is 0.765. The normalized spacial score (nSPS) is 17.0. The largest absolute Gasteiger partial charge is 0.342 e. The highest BCUT2D eigenvalue weighted by Gasteiger charge is 2.28. The zero-order valence-electron chi connectivity index (χ0n) is 14.4. The van der Waals surface area contributed by atoms with Crippen molar-refractivity contribution in [2.24, 2.45) is 5.92 Å². The molecule has 2 rings (SSSR count). The maximum atomic E-state index is 12.9. The second-order valence-corrected chi connectivity index (χ2v) is 7.85. The molecule has 1 atom stereocenters. The Bertz CT molecular complexity index is 662. The first kappa shape index (κ1) is 21.8. The first-order valence-corrected chi connectivity index (χ1v) is 9.53. The van der Waals surface area contributed by atoms with Gasteiger partial charge in [-0.25, -0.2) is 17.5 Å². The van der Waals surface area contributed by atoms with Gasteiger partial charge < -0.3 is 10.2 Å². The fourth-order valence-electron chi connectivity index (χ4n) is 2.82. The van der Waals surface area contributed by atoms with E-state index < -0.39 is 15.8 Å². The summed E-state index contributed by atoms with van der Waals surface area (Å²) in [4.78, 5) is 14.1. The third-order valence-corrected chi connectivity index (χ3v) is 5.72. The van der Waals surface area contributed by atoms with Crippen LogP contribution in [-0.4, -0.2) is 51.9 Å². The van der Waals surface area contributed by atoms with E-state index in [1.54, 1.807) is 11.9 Å². The summed E-state index contributed by atoms with van der Waals surface area (Å²) < 4.78 is 40.2. The SMILES string of the molecule is CNCC(C)C(=O)N1CCC(NS(=O)(=O)c2ccc(F)cc2)CC1.Cl. The number of piperidine rings is 1. The van der Waals surface area contributed by atoms with Crippen LogP contribution in [0.25, 0.3) is 0 Å². The van der Waals surface area contributed by atoms with Crippen molar-refractivity contribution in [2.75, 3.05) is 26.7 Å². The molecular weight excluding hydrogens is 369 g/mol. The van der Waals surface area contributed by atoms with Crippen molar-refractivity contribution in [3.63, 3.8) is 0 Å². The van der Waals surface area contributed by atoms with Gasteiger partial charge in [-0.1, -0.05) is 6.92 Å². The molecule has 9 heteroatoms. The molecule has 1 aromatic carbocycles. The number of benzene rings is 1. The first-order valence-electron chi connectivity index (χ1n) is 8.05. The van der Waals surface area contributed by atoms with E-state index in [0.29, 0.717) is 32.5 Å². The summed E-state index contributed by atoms with van der Waals surface area (Å²) in [6.45, 7) is 3.56. The van der Waals surface area contributed by atoms with Crippen LogP contribution in [0.5, 0.6) is 0 Å². The van der Waals surface area contributed by atoms with E-state index in [1.807, 2.05) is 6.92 Å². The van der Waals surface area contributed by atoms with Gasteiger partial charge in [-0.15, -0.1) is 12.4 Å². The van der Waals surface area contributed by atoms with Crippen LogP contribution in [0.2, 0.25) is 0 Å². The standard InChI is InChI=1S/C16H24FN3O3S.ClH/c1-12(11-18-2)16(21)20-9-7-14(8-10-20)19-24(22,23)15-5-3-13(17)4-6-15;/h3-6,12,14,18-19H,7-11H2,1-2H3;1H. The molecule has 0 radical (unpaired) electrons. The lowest BCUT2D eigenvalue weighted by atomic mass is 10.0. The number of nitrogens with one attached hydrogen (secondary N) is 2. The smallest absolute Gasteiger partial charge is 0.240 e. The summed E-state index contributed by atoms with van der Waals surface area (Å²) in [5.74, 6) is -0.483. The first-order chi connectivity index (χ1) is 11.3. The van der Waals surface area contributed by atoms with Gasteiger partial charge in [0.05, 0.1) is 4.90 Å². The molecule has 1 heterocycles. The minimum atomic E-state index is -3.67. The van der Waals surface area contributed by atoms with Gasteiger partial charge in [0, 0.05) is 31.6 Å². The minimum absolute atomic E-state index is 0. The lowest BCUT2D eigenvalue weighted by Gasteiger charge is -2.33. The van der Waals surface area contributed by atoms with Crippen molar-refractivity contribution >= 4 is 28.3 Å². The molecule has 1 amide bonds. The summed E-state index contributed by atoms with van der Waals surface area (Å²) >= 11 is 0. The lowest BCUT2D eigenvalue weighted by molar-refractivity contribution is -0.135. The molecule has 142 valence electrons. The van der Waals surface area contributed by atoms with Crippen molar-refractivity contribution < 1.29 is 17.6 Å². The van der Waals surface area contributed by atoms with Crippen LogP contribution in [0.4, 0.5) is 4.39 Å². The molecule has 6 nitrogen and oxygen atoms in total. The van der Waals surface area contributed by atoms with Crippen molar-refractivity contribution in [3.05, 3.63) is 30.1 Å². The van der Waals surface area contributed by atoms with Gasteiger partial charge >= 0.3 is 0 Å². The Morgan fingerprint density at radius 2 is 1.84 bits per heavy atom. The fourth-order valence-corrected chi connectivity index (χ4v) is 4.13. The molecule has 0 saturated carbocycles. The summed E-state index contributed by atoms with van der Waals surface area (Å²) in [5, 5.41) is 2.98. The molecule has 0 aromatic heterocycles. The Morgan fingerprint density at radius 1 is 1.28 bits per heavy atom. The Kier molecular flexibility index (Phi) is 8.27. The molecule has 2 N–H and O–H groups in total. The van der Waals surface area contributed by atoms with Gasteiger partial charge in [0.1, 0.15) is 5.82 Å². The van der Waals surface area contributed by atoms with Gasteiger partial charge in [-0.05, 0) is 44.2 Å². The number of likely N-dealkylation sites (tertiary alicyclic amines) is 1. The highest BCUT2D eigenvalue weighted by molar-refractivity contribution is 7.89. The lowest BCUT2D eigenvalue weighted by Crippen LogP contribution is -2.48. The van der Waals surface area contributed by atoms with E-state index in [0.717, 1.165) is 12.1 Å². The maximum absolute atomic E-state index is 12.9. The zero-order chi connectivity index (χ0) is 17.7. The van der Waals surface area contributed by atoms with E-state index in [2.05, 4.69) is 10.0 Å². The average Bonchev–Trinajstić information content (AvgIpc) is 2.55. The van der Waals surface area contributed by atoms with Crippen LogP contribution in [0.15, 0.2) is 29.2 Å². The molecular formula is C16H25ClFN3O3S. The van der Waals surface area contributed by atoms with Crippen molar-refractivity contribution in [3.8, 4) is 0 Å². The molecule has 0 bridgehead atoms. The number of sulfonamides is 1. The summed E-state index contributed by atoms with van der Waals surface area (Å²) in [6.07, 6.45) is 1.14. The van der Waals surface area contributed by atoms with Crippen molar-refractivity contribution in [1.82, 2.24) is 14.9 Å². The molecule has 0 aliphatic carbocycles. The predicted octanol–water partition coefficient (Wildman–Crippen LogP) is 1.37. The Labute approximate surface area is 154 Å². The van der Waals surface area contributed by atoms with Crippen molar-refractivity contribution in [1.29, 1.82) is 0 Å². The zero-order valence-corrected chi connectivity index (χ0v) is 16.0. The van der Waals surface area contributed by atoms with E-state index in [9.17, 15) is 17.6 Å². The van der Waals surface area contributed by atoms with Crippen LogP contribution in [0.1, 0.15) is 19.8 Å². The molecule has 25 heavy (non-hydrogen) atoms. The van der Waals surface area contributed by atoms with Gasteiger partial charge in [-0.2, -0.15) is 0 Å². The molecule has 1 aliphatic heterocycles. The summed E-state index contributed by atoms with van der Waals surface area (Å²) in [7, 11) is -1.86. The molecule has 0 spiro atoms. The summed E-state index contributed by atoms with van der Waals surface area (Å²) in [5.41, 5.74) is 0. The predicted molar refractivity (Wildman–Crippen MR) is 96.7 cm³/mol. The third kappa shape index (κ3) is 5.91. The number of hydrogen-bond donors (Lipinski definition) is 2. The van der Waals surface area contributed by atoms with E-state index in [-0.39, 0.29) is 35.2 Å². The third-order valence-electron chi connectivity index (χ3n) is 4.18. The second kappa shape index (κ2) is 9.47. The number of halogens is 2. The highest BCUT2D eigenvalue weighted by Crippen LogP contribution is 2.17. The van der Waals surface area contributed by atoms with E-state index in [4.69, 9.17) is 0 Å². The Hall–Kier alpha value is -1.22. The van der Waals surface area contributed by atoms with Crippen molar-refractivity contribution in [2.45, 2.75) is 30.7 Å². The average molecular weight is 394 g/mol. The molecule has 1 saturated heterocycles.